The van der Waals surface area contributed by atoms with Crippen LogP contribution < -0.4 is 5.32 Å². The zero-order valence-electron chi connectivity index (χ0n) is 11.7. The van der Waals surface area contributed by atoms with Crippen LogP contribution >= 0.6 is 39.1 Å². The number of hydrogen-bond acceptors (Lipinski definition) is 3. The Morgan fingerprint density at radius 1 is 1.38 bits per heavy atom. The van der Waals surface area contributed by atoms with E-state index in [-0.39, 0.29) is 12.1 Å². The Morgan fingerprint density at radius 3 is 2.67 bits per heavy atom. The molecule has 0 radical (unpaired) electrons. The highest BCUT2D eigenvalue weighted by Gasteiger charge is 2.24. The lowest BCUT2D eigenvalue weighted by Gasteiger charge is -2.32. The van der Waals surface area contributed by atoms with Gasteiger partial charge in [-0.3, -0.25) is 0 Å². The Kier molecular flexibility index (Phi) is 6.02. The number of amides is 1. The molecule has 1 aromatic rings. The number of hydrogen-bond donors (Lipinski definition) is 1. The fourth-order valence-electron chi connectivity index (χ4n) is 2.28. The van der Waals surface area contributed by atoms with Crippen LogP contribution in [0.15, 0.2) is 16.6 Å². The number of piperidine rings is 1. The molecule has 7 heteroatoms. The highest BCUT2D eigenvalue weighted by Crippen LogP contribution is 2.36. The zero-order valence-corrected chi connectivity index (χ0v) is 14.8. The van der Waals surface area contributed by atoms with Gasteiger partial charge in [0.05, 0.1) is 22.3 Å². The molecule has 0 unspecified atom stereocenters. The number of ether oxygens (including phenoxy) is 1. The Bertz CT molecular complexity index is 520. The molecule has 0 atom stereocenters. The SMILES string of the molecule is CCOC(=O)N1CCC(Nc2ccc(Br)c(Cl)c2Cl)CC1. The molecule has 1 aliphatic heterocycles. The molecule has 21 heavy (non-hydrogen) atoms. The van der Waals surface area contributed by atoms with Crippen LogP contribution in [0.25, 0.3) is 0 Å². The minimum absolute atomic E-state index is 0.235. The van der Waals surface area contributed by atoms with E-state index in [2.05, 4.69) is 21.2 Å². The number of halogens is 3. The lowest BCUT2D eigenvalue weighted by atomic mass is 10.1. The van der Waals surface area contributed by atoms with Crippen molar-refractivity contribution in [2.75, 3.05) is 25.0 Å². The molecule has 0 saturated carbocycles. The number of benzene rings is 1. The molecule has 1 aliphatic rings. The summed E-state index contributed by atoms with van der Waals surface area (Å²) in [5.74, 6) is 0. The van der Waals surface area contributed by atoms with Gasteiger partial charge in [-0.05, 0) is 47.8 Å². The smallest absolute Gasteiger partial charge is 0.409 e. The third-order valence-corrected chi connectivity index (χ3v) is 5.19. The van der Waals surface area contributed by atoms with Crippen molar-refractivity contribution >= 4 is 50.9 Å². The van der Waals surface area contributed by atoms with Gasteiger partial charge in [0.25, 0.3) is 0 Å². The highest BCUT2D eigenvalue weighted by molar-refractivity contribution is 9.10. The average Bonchev–Trinajstić information content (AvgIpc) is 2.49. The monoisotopic (exact) mass is 394 g/mol. The van der Waals surface area contributed by atoms with Gasteiger partial charge < -0.3 is 15.0 Å². The quantitative estimate of drug-likeness (QED) is 0.748. The Labute approximate surface area is 142 Å². The molecule has 4 nitrogen and oxygen atoms in total. The third kappa shape index (κ3) is 4.18. The summed E-state index contributed by atoms with van der Waals surface area (Å²) in [4.78, 5) is 13.4. The minimum Gasteiger partial charge on any atom is -0.450 e. The summed E-state index contributed by atoms with van der Waals surface area (Å²) < 4.78 is 5.78. The molecule has 0 spiro atoms. The molecule has 2 rings (SSSR count). The Morgan fingerprint density at radius 2 is 2.05 bits per heavy atom. The van der Waals surface area contributed by atoms with E-state index in [1.54, 1.807) is 4.90 Å². The van der Waals surface area contributed by atoms with Crippen molar-refractivity contribution in [1.29, 1.82) is 0 Å². The summed E-state index contributed by atoms with van der Waals surface area (Å²) >= 11 is 15.7. The van der Waals surface area contributed by atoms with E-state index in [0.717, 1.165) is 23.0 Å². The van der Waals surface area contributed by atoms with Crippen molar-refractivity contribution in [2.24, 2.45) is 0 Å². The minimum atomic E-state index is -0.235. The van der Waals surface area contributed by atoms with E-state index >= 15 is 0 Å². The second kappa shape index (κ2) is 7.56. The van der Waals surface area contributed by atoms with Crippen LogP contribution in [-0.4, -0.2) is 36.7 Å². The topological polar surface area (TPSA) is 41.6 Å². The van der Waals surface area contributed by atoms with Crippen LogP contribution in [0.4, 0.5) is 10.5 Å². The lowest BCUT2D eigenvalue weighted by molar-refractivity contribution is 0.0983. The summed E-state index contributed by atoms with van der Waals surface area (Å²) in [6, 6.07) is 4.03. The van der Waals surface area contributed by atoms with E-state index in [4.69, 9.17) is 27.9 Å². The second-order valence-corrected chi connectivity index (χ2v) is 6.44. The summed E-state index contributed by atoms with van der Waals surface area (Å²) in [7, 11) is 0. The number of rotatable bonds is 3. The fourth-order valence-corrected chi connectivity index (χ4v) is 3.11. The standard InChI is InChI=1S/C14H17BrCl2N2O2/c1-2-21-14(20)19-7-5-9(6-8-19)18-11-4-3-10(15)12(16)13(11)17/h3-4,9,18H,2,5-8H2,1H3. The molecule has 1 N–H and O–H groups in total. The number of nitrogens with one attached hydrogen (secondary N) is 1. The van der Waals surface area contributed by atoms with E-state index < -0.39 is 0 Å². The van der Waals surface area contributed by atoms with Gasteiger partial charge in [0.15, 0.2) is 0 Å². The van der Waals surface area contributed by atoms with Crippen molar-refractivity contribution in [3.05, 3.63) is 26.7 Å². The normalized spacial score (nSPS) is 15.9. The number of anilines is 1. The first-order valence-corrected chi connectivity index (χ1v) is 8.39. The zero-order chi connectivity index (χ0) is 15.4. The highest BCUT2D eigenvalue weighted by atomic mass is 79.9. The third-order valence-electron chi connectivity index (χ3n) is 3.42. The molecule has 0 aromatic heterocycles. The van der Waals surface area contributed by atoms with E-state index in [1.165, 1.54) is 0 Å². The van der Waals surface area contributed by atoms with Crippen molar-refractivity contribution < 1.29 is 9.53 Å². The summed E-state index contributed by atoms with van der Waals surface area (Å²) in [6.45, 7) is 3.58. The van der Waals surface area contributed by atoms with Crippen molar-refractivity contribution in [3.63, 3.8) is 0 Å². The van der Waals surface area contributed by atoms with E-state index in [0.29, 0.717) is 29.7 Å². The largest absolute Gasteiger partial charge is 0.450 e. The molecule has 0 aliphatic carbocycles. The van der Waals surface area contributed by atoms with Gasteiger partial charge in [-0.2, -0.15) is 0 Å². The van der Waals surface area contributed by atoms with Gasteiger partial charge in [0.1, 0.15) is 0 Å². The van der Waals surface area contributed by atoms with Crippen LogP contribution in [0.1, 0.15) is 19.8 Å². The molecule has 1 aromatic carbocycles. The van der Waals surface area contributed by atoms with E-state index in [1.807, 2.05) is 19.1 Å². The van der Waals surface area contributed by atoms with Crippen LogP contribution in [0, 0.1) is 0 Å². The van der Waals surface area contributed by atoms with Gasteiger partial charge in [-0.15, -0.1) is 0 Å². The van der Waals surface area contributed by atoms with Crippen LogP contribution in [-0.2, 0) is 4.74 Å². The van der Waals surface area contributed by atoms with Gasteiger partial charge in [0.2, 0.25) is 0 Å². The lowest BCUT2D eigenvalue weighted by Crippen LogP contribution is -2.42. The number of nitrogens with zero attached hydrogens (tertiary/aromatic N) is 1. The van der Waals surface area contributed by atoms with Crippen LogP contribution in [0.5, 0.6) is 0 Å². The fraction of sp³-hybridized carbons (Fsp3) is 0.500. The van der Waals surface area contributed by atoms with Crippen LogP contribution in [0.2, 0.25) is 10.0 Å². The van der Waals surface area contributed by atoms with Gasteiger partial charge >= 0.3 is 6.09 Å². The summed E-state index contributed by atoms with van der Waals surface area (Å²) in [5, 5.41) is 4.41. The summed E-state index contributed by atoms with van der Waals surface area (Å²) in [6.07, 6.45) is 1.46. The predicted octanol–water partition coefficient (Wildman–Crippen LogP) is 4.79. The first-order chi connectivity index (χ1) is 10.0. The molecule has 116 valence electrons. The first-order valence-electron chi connectivity index (χ1n) is 6.84. The molecule has 1 amide bonds. The summed E-state index contributed by atoms with van der Waals surface area (Å²) in [5.41, 5.74) is 0.819. The number of carbonyl (C=O) groups is 1. The van der Waals surface area contributed by atoms with Crippen molar-refractivity contribution in [1.82, 2.24) is 4.90 Å². The molecule has 1 heterocycles. The number of carbonyl (C=O) groups excluding carboxylic acids is 1. The van der Waals surface area contributed by atoms with Gasteiger partial charge in [0, 0.05) is 23.6 Å². The molecule has 1 fully saturated rings. The molecular weight excluding hydrogens is 379 g/mol. The maximum atomic E-state index is 11.6. The Hall–Kier alpha value is -0.650. The number of likely N-dealkylation sites (tertiary alicyclic amines) is 1. The van der Waals surface area contributed by atoms with Crippen LogP contribution in [0.3, 0.4) is 0 Å². The van der Waals surface area contributed by atoms with Crippen molar-refractivity contribution in [2.45, 2.75) is 25.8 Å². The molecular formula is C14H17BrCl2N2O2. The average molecular weight is 396 g/mol. The maximum absolute atomic E-state index is 11.6. The first kappa shape index (κ1) is 16.7. The van der Waals surface area contributed by atoms with E-state index in [9.17, 15) is 4.79 Å². The second-order valence-electron chi connectivity index (χ2n) is 4.83. The van der Waals surface area contributed by atoms with Gasteiger partial charge in [-0.25, -0.2) is 4.79 Å². The van der Waals surface area contributed by atoms with Crippen molar-refractivity contribution in [3.8, 4) is 0 Å². The molecule has 0 bridgehead atoms. The maximum Gasteiger partial charge on any atom is 0.409 e. The Balaban J connectivity index is 1.92. The predicted molar refractivity (Wildman–Crippen MR) is 89.4 cm³/mol. The molecule has 1 saturated heterocycles. The van der Waals surface area contributed by atoms with Gasteiger partial charge in [-0.1, -0.05) is 23.2 Å².